The lowest BCUT2D eigenvalue weighted by atomic mass is 10.0. The number of rotatable bonds is 7. The molecule has 0 radical (unpaired) electrons. The second-order valence-corrected chi connectivity index (χ2v) is 6.63. The van der Waals surface area contributed by atoms with E-state index in [0.29, 0.717) is 18.6 Å². The van der Waals surface area contributed by atoms with Gasteiger partial charge in [0.25, 0.3) is 0 Å². The van der Waals surface area contributed by atoms with Crippen LogP contribution in [0, 0.1) is 5.92 Å². The highest BCUT2D eigenvalue weighted by Crippen LogP contribution is 2.30. The third kappa shape index (κ3) is 4.43. The number of hydrogen-bond donors (Lipinski definition) is 1. The van der Waals surface area contributed by atoms with Crippen LogP contribution in [-0.4, -0.2) is 29.2 Å². The van der Waals surface area contributed by atoms with Crippen LogP contribution in [0.5, 0.6) is 0 Å². The van der Waals surface area contributed by atoms with E-state index < -0.39 is 0 Å². The van der Waals surface area contributed by atoms with Crippen molar-refractivity contribution >= 4 is 0 Å². The van der Waals surface area contributed by atoms with Gasteiger partial charge < -0.3 is 5.11 Å². The molecule has 1 N–H and O–H groups in total. The maximum absolute atomic E-state index is 9.71. The zero-order valence-corrected chi connectivity index (χ0v) is 13.8. The van der Waals surface area contributed by atoms with Crippen molar-refractivity contribution in [2.24, 2.45) is 5.92 Å². The minimum absolute atomic E-state index is 0.321. The number of aliphatic hydroxyl groups is 1. The lowest BCUT2D eigenvalue weighted by molar-refractivity contribution is 0.111. The van der Waals surface area contributed by atoms with Crippen LogP contribution in [0.15, 0.2) is 60.7 Å². The van der Waals surface area contributed by atoms with E-state index in [1.54, 1.807) is 0 Å². The molecular weight excluding hydrogens is 282 g/mol. The Kier molecular flexibility index (Phi) is 5.84. The summed E-state index contributed by atoms with van der Waals surface area (Å²) in [4.78, 5) is 2.59. The van der Waals surface area contributed by atoms with Crippen LogP contribution in [0.4, 0.5) is 0 Å². The molecule has 122 valence electrons. The molecule has 2 heteroatoms. The topological polar surface area (TPSA) is 23.5 Å². The van der Waals surface area contributed by atoms with E-state index in [9.17, 15) is 5.11 Å². The number of benzene rings is 2. The van der Waals surface area contributed by atoms with Crippen LogP contribution in [0.2, 0.25) is 0 Å². The SMILES string of the molecule is OC[C@@H]1CCC[C@H]1N(CCc1ccccc1)Cc1ccccc1. The second kappa shape index (κ2) is 8.28. The van der Waals surface area contributed by atoms with Gasteiger partial charge in [0, 0.05) is 25.7 Å². The van der Waals surface area contributed by atoms with Crippen LogP contribution < -0.4 is 0 Å². The first-order valence-corrected chi connectivity index (χ1v) is 8.79. The Morgan fingerprint density at radius 2 is 1.52 bits per heavy atom. The van der Waals surface area contributed by atoms with Gasteiger partial charge in [-0.3, -0.25) is 4.90 Å². The summed E-state index contributed by atoms with van der Waals surface area (Å²) in [5, 5.41) is 9.71. The fraction of sp³-hybridized carbons (Fsp3) is 0.429. The van der Waals surface area contributed by atoms with E-state index in [1.807, 2.05) is 0 Å². The van der Waals surface area contributed by atoms with E-state index in [1.165, 1.54) is 24.0 Å². The van der Waals surface area contributed by atoms with Gasteiger partial charge in [-0.05, 0) is 36.3 Å². The molecule has 1 saturated carbocycles. The number of nitrogens with zero attached hydrogens (tertiary/aromatic N) is 1. The molecule has 0 unspecified atom stereocenters. The monoisotopic (exact) mass is 309 g/mol. The van der Waals surface area contributed by atoms with Crippen LogP contribution in [-0.2, 0) is 13.0 Å². The molecule has 0 aromatic heterocycles. The third-order valence-electron chi connectivity index (χ3n) is 5.08. The molecule has 1 fully saturated rings. The lowest BCUT2D eigenvalue weighted by Crippen LogP contribution is -2.39. The van der Waals surface area contributed by atoms with Gasteiger partial charge in [0.15, 0.2) is 0 Å². The fourth-order valence-electron chi connectivity index (χ4n) is 3.81. The molecule has 1 aliphatic rings. The average molecular weight is 309 g/mol. The lowest BCUT2D eigenvalue weighted by Gasteiger charge is -2.32. The quantitative estimate of drug-likeness (QED) is 0.838. The molecule has 0 spiro atoms. The third-order valence-corrected chi connectivity index (χ3v) is 5.08. The largest absolute Gasteiger partial charge is 0.396 e. The first kappa shape index (κ1) is 16.2. The second-order valence-electron chi connectivity index (χ2n) is 6.63. The number of aliphatic hydroxyl groups excluding tert-OH is 1. The summed E-state index contributed by atoms with van der Waals surface area (Å²) >= 11 is 0. The minimum Gasteiger partial charge on any atom is -0.396 e. The molecule has 0 amide bonds. The van der Waals surface area contributed by atoms with Gasteiger partial charge in [0.2, 0.25) is 0 Å². The molecule has 2 nitrogen and oxygen atoms in total. The maximum Gasteiger partial charge on any atom is 0.0474 e. The molecule has 2 aromatic carbocycles. The van der Waals surface area contributed by atoms with Crippen molar-refractivity contribution < 1.29 is 5.11 Å². The van der Waals surface area contributed by atoms with Gasteiger partial charge in [-0.1, -0.05) is 67.1 Å². The van der Waals surface area contributed by atoms with Gasteiger partial charge in [0.1, 0.15) is 0 Å². The molecule has 1 aliphatic carbocycles. The fourth-order valence-corrected chi connectivity index (χ4v) is 3.81. The average Bonchev–Trinajstić information content (AvgIpc) is 3.09. The van der Waals surface area contributed by atoms with Gasteiger partial charge in [-0.15, -0.1) is 0 Å². The Hall–Kier alpha value is -1.64. The predicted molar refractivity (Wildman–Crippen MR) is 95.2 cm³/mol. The molecule has 2 aromatic rings. The molecule has 3 rings (SSSR count). The minimum atomic E-state index is 0.321. The van der Waals surface area contributed by atoms with Crippen molar-refractivity contribution in [1.82, 2.24) is 4.90 Å². The van der Waals surface area contributed by atoms with E-state index in [4.69, 9.17) is 0 Å². The standard InChI is InChI=1S/C21H27NO/c23-17-20-12-7-13-21(20)22(16-19-10-5-2-6-11-19)15-14-18-8-3-1-4-9-18/h1-6,8-11,20-21,23H,7,12-17H2/t20-,21+/m0/s1. The summed E-state index contributed by atoms with van der Waals surface area (Å²) in [6, 6.07) is 21.9. The zero-order valence-electron chi connectivity index (χ0n) is 13.8. The smallest absolute Gasteiger partial charge is 0.0474 e. The van der Waals surface area contributed by atoms with Crippen LogP contribution in [0.25, 0.3) is 0 Å². The molecule has 0 saturated heterocycles. The molecule has 23 heavy (non-hydrogen) atoms. The molecule has 0 bridgehead atoms. The summed E-state index contributed by atoms with van der Waals surface area (Å²) in [5.41, 5.74) is 2.76. The van der Waals surface area contributed by atoms with Crippen LogP contribution in [0.1, 0.15) is 30.4 Å². The zero-order chi connectivity index (χ0) is 15.9. The van der Waals surface area contributed by atoms with Crippen LogP contribution >= 0.6 is 0 Å². The van der Waals surface area contributed by atoms with E-state index in [2.05, 4.69) is 65.6 Å². The summed E-state index contributed by atoms with van der Waals surface area (Å²) < 4.78 is 0. The summed E-state index contributed by atoms with van der Waals surface area (Å²) in [7, 11) is 0. The van der Waals surface area contributed by atoms with Crippen molar-refractivity contribution in [3.8, 4) is 0 Å². The van der Waals surface area contributed by atoms with Gasteiger partial charge in [-0.2, -0.15) is 0 Å². The van der Waals surface area contributed by atoms with Crippen molar-refractivity contribution in [1.29, 1.82) is 0 Å². The van der Waals surface area contributed by atoms with Crippen molar-refractivity contribution in [2.45, 2.75) is 38.3 Å². The molecule has 0 aliphatic heterocycles. The predicted octanol–water partition coefficient (Wildman–Crippen LogP) is 3.89. The Morgan fingerprint density at radius 1 is 0.870 bits per heavy atom. The normalized spacial score (nSPS) is 21.0. The van der Waals surface area contributed by atoms with E-state index >= 15 is 0 Å². The summed E-state index contributed by atoms with van der Waals surface area (Å²) in [6.45, 7) is 2.36. The highest BCUT2D eigenvalue weighted by atomic mass is 16.3. The highest BCUT2D eigenvalue weighted by molar-refractivity contribution is 5.16. The van der Waals surface area contributed by atoms with Gasteiger partial charge in [-0.25, -0.2) is 0 Å². The first-order chi connectivity index (χ1) is 11.4. The van der Waals surface area contributed by atoms with Crippen molar-refractivity contribution in [3.63, 3.8) is 0 Å². The Bertz CT molecular complexity index is 569. The Labute approximate surface area is 139 Å². The Morgan fingerprint density at radius 3 is 2.17 bits per heavy atom. The first-order valence-electron chi connectivity index (χ1n) is 8.79. The van der Waals surface area contributed by atoms with Crippen LogP contribution in [0.3, 0.4) is 0 Å². The van der Waals surface area contributed by atoms with E-state index in [-0.39, 0.29) is 0 Å². The van der Waals surface area contributed by atoms with Crippen molar-refractivity contribution in [2.75, 3.05) is 13.2 Å². The Balaban J connectivity index is 1.70. The summed E-state index contributed by atoms with van der Waals surface area (Å²) in [6.07, 6.45) is 4.69. The molecule has 0 heterocycles. The summed E-state index contributed by atoms with van der Waals surface area (Å²) in [5.74, 6) is 0.439. The van der Waals surface area contributed by atoms with Gasteiger partial charge >= 0.3 is 0 Å². The van der Waals surface area contributed by atoms with Gasteiger partial charge in [0.05, 0.1) is 0 Å². The number of hydrogen-bond acceptors (Lipinski definition) is 2. The molecule has 2 atom stereocenters. The van der Waals surface area contributed by atoms with Crippen molar-refractivity contribution in [3.05, 3.63) is 71.8 Å². The highest BCUT2D eigenvalue weighted by Gasteiger charge is 2.31. The molecular formula is C21H27NO. The maximum atomic E-state index is 9.71. The van der Waals surface area contributed by atoms with E-state index in [0.717, 1.165) is 25.9 Å².